The van der Waals surface area contributed by atoms with Gasteiger partial charge in [0.25, 0.3) is 5.91 Å². The van der Waals surface area contributed by atoms with Gasteiger partial charge in [-0.3, -0.25) is 9.79 Å². The van der Waals surface area contributed by atoms with Gasteiger partial charge in [0.1, 0.15) is 5.84 Å². The van der Waals surface area contributed by atoms with Gasteiger partial charge in [-0.15, -0.1) is 0 Å². The number of fused-ring (bicyclic) bond motifs is 1. The maximum absolute atomic E-state index is 13.0. The third-order valence-electron chi connectivity index (χ3n) is 6.77. The van der Waals surface area contributed by atoms with Crippen LogP contribution in [0.15, 0.2) is 77.8 Å². The Kier molecular flexibility index (Phi) is 6.93. The molecule has 0 saturated carbocycles. The number of aliphatic hydroxyl groups is 1. The summed E-state index contributed by atoms with van der Waals surface area (Å²) >= 11 is 0. The fourth-order valence-corrected chi connectivity index (χ4v) is 4.97. The Bertz CT molecular complexity index is 1210. The first-order chi connectivity index (χ1) is 17.1. The van der Waals surface area contributed by atoms with Crippen LogP contribution in [0.4, 0.5) is 5.69 Å². The highest BCUT2D eigenvalue weighted by Crippen LogP contribution is 2.34. The van der Waals surface area contributed by atoms with E-state index in [1.165, 1.54) is 0 Å². The number of benzene rings is 3. The zero-order chi connectivity index (χ0) is 24.2. The number of hydrogen-bond donors (Lipinski definition) is 3. The monoisotopic (exact) mass is 469 g/mol. The van der Waals surface area contributed by atoms with Crippen molar-refractivity contribution in [2.45, 2.75) is 43.9 Å². The number of amides is 1. The number of hydrogen-bond acceptors (Lipinski definition) is 5. The number of carbonyl (C=O) groups is 1. The maximum Gasteiger partial charge on any atom is 0.251 e. The van der Waals surface area contributed by atoms with Crippen LogP contribution in [0.5, 0.6) is 0 Å². The smallest absolute Gasteiger partial charge is 0.251 e. The molecule has 180 valence electrons. The minimum absolute atomic E-state index is 0.188. The highest BCUT2D eigenvalue weighted by molar-refractivity contribution is 5.96. The molecule has 6 heteroatoms. The lowest BCUT2D eigenvalue weighted by Crippen LogP contribution is -2.33. The van der Waals surface area contributed by atoms with E-state index in [-0.39, 0.29) is 11.9 Å². The van der Waals surface area contributed by atoms with Crippen molar-refractivity contribution in [3.8, 4) is 11.1 Å². The molecule has 5 rings (SSSR count). The number of aliphatic hydroxyl groups excluding tert-OH is 1. The quantitative estimate of drug-likeness (QED) is 0.487. The zero-order valence-electron chi connectivity index (χ0n) is 19.9. The summed E-state index contributed by atoms with van der Waals surface area (Å²) in [5, 5.41) is 17.2. The van der Waals surface area contributed by atoms with E-state index >= 15 is 0 Å². The molecule has 0 aromatic heterocycles. The molecule has 1 unspecified atom stereocenters. The van der Waals surface area contributed by atoms with Gasteiger partial charge in [-0.05, 0) is 59.4 Å². The minimum atomic E-state index is -0.661. The summed E-state index contributed by atoms with van der Waals surface area (Å²) in [5.41, 5.74) is 5.65. The second-order valence-electron chi connectivity index (χ2n) is 9.28. The lowest BCUT2D eigenvalue weighted by molar-refractivity contribution is 0.0858. The minimum Gasteiger partial charge on any atom is -0.390 e. The molecule has 0 bridgehead atoms. The van der Waals surface area contributed by atoms with Crippen LogP contribution in [0.3, 0.4) is 0 Å². The van der Waals surface area contributed by atoms with Gasteiger partial charge in [-0.1, -0.05) is 48.5 Å². The normalized spacial score (nSPS) is 21.2. The number of rotatable bonds is 6. The molecule has 2 aliphatic rings. The summed E-state index contributed by atoms with van der Waals surface area (Å²) in [6, 6.07) is 23.4. The molecule has 3 aromatic rings. The predicted octanol–water partition coefficient (Wildman–Crippen LogP) is 4.75. The molecule has 6 nitrogen and oxygen atoms in total. The first-order valence-corrected chi connectivity index (χ1v) is 12.2. The molecule has 35 heavy (non-hydrogen) atoms. The van der Waals surface area contributed by atoms with E-state index in [9.17, 15) is 9.90 Å². The molecule has 1 aliphatic carbocycles. The van der Waals surface area contributed by atoms with Crippen molar-refractivity contribution in [2.75, 3.05) is 19.0 Å². The molecule has 0 spiro atoms. The van der Waals surface area contributed by atoms with Crippen LogP contribution in [0.25, 0.3) is 11.1 Å². The first kappa shape index (κ1) is 23.3. The van der Waals surface area contributed by atoms with Crippen LogP contribution in [0, 0.1) is 0 Å². The maximum atomic E-state index is 13.0. The Labute approximate surface area is 206 Å². The Morgan fingerprint density at radius 1 is 1.06 bits per heavy atom. The predicted molar refractivity (Wildman–Crippen MR) is 139 cm³/mol. The van der Waals surface area contributed by atoms with E-state index in [1.807, 2.05) is 72.8 Å². The molecule has 1 amide bonds. The van der Waals surface area contributed by atoms with Crippen LogP contribution in [-0.2, 0) is 11.2 Å². The van der Waals surface area contributed by atoms with Gasteiger partial charge in [0.05, 0.1) is 24.8 Å². The van der Waals surface area contributed by atoms with Crippen LogP contribution >= 0.6 is 0 Å². The van der Waals surface area contributed by atoms with E-state index in [2.05, 4.69) is 10.6 Å². The summed E-state index contributed by atoms with van der Waals surface area (Å²) in [4.78, 5) is 17.8. The fourth-order valence-electron chi connectivity index (χ4n) is 4.97. The molecule has 0 radical (unpaired) electrons. The Hall–Kier alpha value is -3.48. The number of nitrogens with zero attached hydrogens (tertiary/aromatic N) is 1. The Morgan fingerprint density at radius 3 is 2.60 bits per heavy atom. The highest BCUT2D eigenvalue weighted by atomic mass is 16.5. The van der Waals surface area contributed by atoms with Gasteiger partial charge in [0.15, 0.2) is 0 Å². The van der Waals surface area contributed by atoms with Crippen LogP contribution in [0.1, 0.15) is 46.8 Å². The number of amidine groups is 1. The van der Waals surface area contributed by atoms with Gasteiger partial charge in [0.2, 0.25) is 0 Å². The number of aliphatic imine (C=N–C) groups is 1. The number of carbonyl (C=O) groups excluding carboxylic acids is 1. The standard InChI is InChI=1S/C29H31N3O3/c1-35-18-24-8-5-9-27(31-24)30-23-15-14-22-16-26(33)28(25(22)17-23)32-29(34)21-12-10-20(11-13-21)19-6-3-2-4-7-19/h2-4,6-7,10-15,17,24,26,28,33H,5,8-9,16,18H2,1H3,(H,30,31)(H,32,34)/t24?,26-,28-/m1/s1. The second kappa shape index (κ2) is 10.4. The Balaban J connectivity index is 1.30. The molecule has 3 atom stereocenters. The molecular formula is C29H31N3O3. The largest absolute Gasteiger partial charge is 0.390 e. The van der Waals surface area contributed by atoms with Gasteiger partial charge >= 0.3 is 0 Å². The van der Waals surface area contributed by atoms with Crippen molar-refractivity contribution in [3.05, 3.63) is 89.5 Å². The van der Waals surface area contributed by atoms with Gasteiger partial charge in [0, 0.05) is 31.2 Å². The Morgan fingerprint density at radius 2 is 1.83 bits per heavy atom. The van der Waals surface area contributed by atoms with E-state index in [0.717, 1.165) is 53.0 Å². The molecule has 3 aromatic carbocycles. The number of methoxy groups -OCH3 is 1. The summed E-state index contributed by atoms with van der Waals surface area (Å²) < 4.78 is 5.27. The van der Waals surface area contributed by atoms with Gasteiger partial charge in [-0.2, -0.15) is 0 Å². The van der Waals surface area contributed by atoms with Crippen LogP contribution in [-0.4, -0.2) is 42.7 Å². The average molecular weight is 470 g/mol. The topological polar surface area (TPSA) is 83.0 Å². The lowest BCUT2D eigenvalue weighted by atomic mass is 10.0. The number of anilines is 1. The second-order valence-corrected chi connectivity index (χ2v) is 9.28. The molecular weight excluding hydrogens is 438 g/mol. The summed E-state index contributed by atoms with van der Waals surface area (Å²) in [6.07, 6.45) is 2.87. The van der Waals surface area contributed by atoms with E-state index in [1.54, 1.807) is 7.11 Å². The zero-order valence-corrected chi connectivity index (χ0v) is 19.9. The third-order valence-corrected chi connectivity index (χ3v) is 6.77. The fraction of sp³-hybridized carbons (Fsp3) is 0.310. The molecule has 3 N–H and O–H groups in total. The van der Waals surface area contributed by atoms with Crippen molar-refractivity contribution < 1.29 is 14.6 Å². The van der Waals surface area contributed by atoms with E-state index in [0.29, 0.717) is 18.6 Å². The number of nitrogens with one attached hydrogen (secondary N) is 2. The molecule has 0 saturated heterocycles. The van der Waals surface area contributed by atoms with E-state index < -0.39 is 12.1 Å². The van der Waals surface area contributed by atoms with Crippen molar-refractivity contribution in [1.82, 2.24) is 5.32 Å². The lowest BCUT2D eigenvalue weighted by Gasteiger charge is -2.22. The summed E-state index contributed by atoms with van der Waals surface area (Å²) in [5.74, 6) is 0.759. The molecule has 0 fully saturated rings. The summed E-state index contributed by atoms with van der Waals surface area (Å²) in [7, 11) is 1.70. The molecule has 1 heterocycles. The highest BCUT2D eigenvalue weighted by Gasteiger charge is 2.33. The van der Waals surface area contributed by atoms with Crippen molar-refractivity contribution in [3.63, 3.8) is 0 Å². The first-order valence-electron chi connectivity index (χ1n) is 12.2. The van der Waals surface area contributed by atoms with Crippen molar-refractivity contribution in [1.29, 1.82) is 0 Å². The van der Waals surface area contributed by atoms with Gasteiger partial charge in [-0.25, -0.2) is 0 Å². The van der Waals surface area contributed by atoms with Crippen molar-refractivity contribution in [2.24, 2.45) is 4.99 Å². The van der Waals surface area contributed by atoms with Crippen LogP contribution < -0.4 is 10.6 Å². The van der Waals surface area contributed by atoms with Crippen LogP contribution in [0.2, 0.25) is 0 Å². The van der Waals surface area contributed by atoms with E-state index in [4.69, 9.17) is 9.73 Å². The molecule has 1 aliphatic heterocycles. The summed E-state index contributed by atoms with van der Waals surface area (Å²) in [6.45, 7) is 0.627. The third kappa shape index (κ3) is 5.29. The average Bonchev–Trinajstić information content (AvgIpc) is 3.19. The van der Waals surface area contributed by atoms with Crippen molar-refractivity contribution >= 4 is 17.4 Å². The number of ether oxygens (including phenoxy) is 1. The van der Waals surface area contributed by atoms with Gasteiger partial charge < -0.3 is 20.5 Å². The SMILES string of the molecule is COCC1CCCC(Nc2ccc3c(c2)[C@@H](NC(=O)c2ccc(-c4ccccc4)cc2)[C@H](O)C3)=N1.